The van der Waals surface area contributed by atoms with E-state index in [1.54, 1.807) is 0 Å². The van der Waals surface area contributed by atoms with E-state index in [1.807, 2.05) is 0 Å². The number of aromatic amines is 1. The van der Waals surface area contributed by atoms with Crippen LogP contribution in [0.25, 0.3) is 0 Å². The van der Waals surface area contributed by atoms with Crippen molar-refractivity contribution in [3.63, 3.8) is 0 Å². The molecule has 0 radical (unpaired) electrons. The molecule has 5 nitrogen and oxygen atoms in total. The van der Waals surface area contributed by atoms with Gasteiger partial charge in [-0.15, -0.1) is 16.7 Å². The van der Waals surface area contributed by atoms with Crippen molar-refractivity contribution in [1.29, 1.82) is 0 Å². The molecule has 0 aliphatic carbocycles. The fourth-order valence-corrected chi connectivity index (χ4v) is 0.646. The molecule has 11 heavy (non-hydrogen) atoms. The monoisotopic (exact) mass is 178 g/mol. The van der Waals surface area contributed by atoms with Gasteiger partial charge < -0.3 is 9.15 Å². The molecule has 0 unspecified atom stereocenters. The number of alkyl halides is 1. The van der Waals surface area contributed by atoms with E-state index in [2.05, 4.69) is 14.6 Å². The summed E-state index contributed by atoms with van der Waals surface area (Å²) in [5.74, 6) is 0.0730. The average Bonchev–Trinajstić information content (AvgIpc) is 2.37. The molecular weight excluding hydrogens is 172 g/mol. The van der Waals surface area contributed by atoms with E-state index >= 15 is 0 Å². The minimum absolute atomic E-state index is 0.172. The van der Waals surface area contributed by atoms with Crippen LogP contribution < -0.4 is 5.76 Å². The predicted octanol–water partition coefficient (Wildman–Crippen LogP) is 0.118. The average molecular weight is 179 g/mol. The first-order valence-corrected chi connectivity index (χ1v) is 3.54. The lowest BCUT2D eigenvalue weighted by Crippen LogP contribution is -1.96. The second kappa shape index (κ2) is 4.15. The molecule has 0 atom stereocenters. The Hall–Kier alpha value is -0.810. The highest BCUT2D eigenvalue weighted by molar-refractivity contribution is 6.17. The van der Waals surface area contributed by atoms with Crippen molar-refractivity contribution in [2.24, 2.45) is 0 Å². The predicted molar refractivity (Wildman–Crippen MR) is 37.5 cm³/mol. The summed E-state index contributed by atoms with van der Waals surface area (Å²) in [6.45, 7) is 0.587. The van der Waals surface area contributed by atoms with Gasteiger partial charge >= 0.3 is 5.76 Å². The molecule has 0 aromatic carbocycles. The Morgan fingerprint density at radius 2 is 2.55 bits per heavy atom. The Labute approximate surface area is 67.3 Å². The number of nitrogens with zero attached hydrogens (tertiary/aromatic N) is 1. The molecule has 0 saturated carbocycles. The Balaban J connectivity index is 2.33. The standard InChI is InChI=1S/C5H7ClN2O3/c6-1-2-10-3-4-7-8-5(9)11-4/h1-3H2,(H,8,9). The van der Waals surface area contributed by atoms with Crippen molar-refractivity contribution in [3.05, 3.63) is 16.4 Å². The summed E-state index contributed by atoms with van der Waals surface area (Å²) in [5.41, 5.74) is 0. The number of hydrogen-bond donors (Lipinski definition) is 1. The summed E-state index contributed by atoms with van der Waals surface area (Å²) < 4.78 is 9.47. The minimum Gasteiger partial charge on any atom is -0.390 e. The molecule has 0 amide bonds. The largest absolute Gasteiger partial charge is 0.434 e. The Kier molecular flexibility index (Phi) is 3.13. The molecule has 6 heteroatoms. The summed E-state index contributed by atoms with van der Waals surface area (Å²) in [6.07, 6.45) is 0. The Morgan fingerprint density at radius 1 is 1.73 bits per heavy atom. The molecule has 0 saturated heterocycles. The van der Waals surface area contributed by atoms with Crippen molar-refractivity contribution in [2.45, 2.75) is 6.61 Å². The molecule has 0 spiro atoms. The first kappa shape index (κ1) is 8.29. The second-order valence-corrected chi connectivity index (χ2v) is 2.13. The summed E-state index contributed by atoms with van der Waals surface area (Å²) in [5, 5.41) is 5.63. The molecular formula is C5H7ClN2O3. The molecule has 0 aliphatic rings. The molecule has 0 bridgehead atoms. The van der Waals surface area contributed by atoms with Gasteiger partial charge in [0.1, 0.15) is 6.61 Å². The lowest BCUT2D eigenvalue weighted by Gasteiger charge is -1.94. The van der Waals surface area contributed by atoms with Crippen LogP contribution in [0.4, 0.5) is 0 Å². The molecule has 62 valence electrons. The third-order valence-corrected chi connectivity index (χ3v) is 1.08. The number of aromatic nitrogens is 2. The van der Waals surface area contributed by atoms with Crippen LogP contribution in [0.15, 0.2) is 9.21 Å². The number of hydrogen-bond acceptors (Lipinski definition) is 4. The van der Waals surface area contributed by atoms with E-state index in [-0.39, 0.29) is 12.5 Å². The fraction of sp³-hybridized carbons (Fsp3) is 0.600. The van der Waals surface area contributed by atoms with Gasteiger partial charge in [-0.25, -0.2) is 9.89 Å². The van der Waals surface area contributed by atoms with Gasteiger partial charge in [0, 0.05) is 5.88 Å². The van der Waals surface area contributed by atoms with Crippen molar-refractivity contribution < 1.29 is 9.15 Å². The molecule has 0 aliphatic heterocycles. The van der Waals surface area contributed by atoms with Gasteiger partial charge in [0.2, 0.25) is 5.89 Å². The Morgan fingerprint density at radius 3 is 3.09 bits per heavy atom. The smallest absolute Gasteiger partial charge is 0.390 e. The highest BCUT2D eigenvalue weighted by atomic mass is 35.5. The Bertz CT molecular complexity index is 256. The zero-order valence-corrected chi connectivity index (χ0v) is 6.43. The lowest BCUT2D eigenvalue weighted by molar-refractivity contribution is 0.115. The summed E-state index contributed by atoms with van der Waals surface area (Å²) in [6, 6.07) is 0. The van der Waals surface area contributed by atoms with Gasteiger partial charge in [-0.2, -0.15) is 0 Å². The van der Waals surface area contributed by atoms with E-state index < -0.39 is 5.76 Å². The van der Waals surface area contributed by atoms with Gasteiger partial charge in [-0.1, -0.05) is 0 Å². The zero-order valence-electron chi connectivity index (χ0n) is 5.67. The molecule has 1 N–H and O–H groups in total. The summed E-state index contributed by atoms with van der Waals surface area (Å²) in [4.78, 5) is 10.4. The molecule has 1 aromatic heterocycles. The fourth-order valence-electron chi connectivity index (χ4n) is 0.536. The van der Waals surface area contributed by atoms with Crippen LogP contribution >= 0.6 is 11.6 Å². The number of nitrogens with one attached hydrogen (secondary N) is 1. The van der Waals surface area contributed by atoms with Gasteiger partial charge in [0.25, 0.3) is 0 Å². The van der Waals surface area contributed by atoms with E-state index in [4.69, 9.17) is 16.3 Å². The molecule has 0 fully saturated rings. The molecule has 1 heterocycles. The van der Waals surface area contributed by atoms with Crippen LogP contribution in [0.5, 0.6) is 0 Å². The SMILES string of the molecule is O=c1[nH]nc(COCCCl)o1. The van der Waals surface area contributed by atoms with Crippen LogP contribution in [-0.4, -0.2) is 22.7 Å². The van der Waals surface area contributed by atoms with Crippen LogP contribution in [0.3, 0.4) is 0 Å². The van der Waals surface area contributed by atoms with Crippen molar-refractivity contribution >= 4 is 11.6 Å². The highest BCUT2D eigenvalue weighted by Crippen LogP contribution is 1.91. The maximum absolute atomic E-state index is 10.4. The minimum atomic E-state index is -0.575. The van der Waals surface area contributed by atoms with E-state index in [1.165, 1.54) is 0 Å². The molecule has 1 rings (SSSR count). The number of rotatable bonds is 4. The maximum Gasteiger partial charge on any atom is 0.434 e. The first-order chi connectivity index (χ1) is 5.33. The second-order valence-electron chi connectivity index (χ2n) is 1.75. The third kappa shape index (κ3) is 2.73. The van der Waals surface area contributed by atoms with E-state index in [9.17, 15) is 4.79 Å². The maximum atomic E-state index is 10.4. The number of halogens is 1. The molecule has 1 aromatic rings. The first-order valence-electron chi connectivity index (χ1n) is 3.01. The van der Waals surface area contributed by atoms with Crippen LogP contribution in [-0.2, 0) is 11.3 Å². The topological polar surface area (TPSA) is 68.1 Å². The van der Waals surface area contributed by atoms with Crippen molar-refractivity contribution in [3.8, 4) is 0 Å². The van der Waals surface area contributed by atoms with E-state index in [0.29, 0.717) is 12.5 Å². The van der Waals surface area contributed by atoms with Crippen molar-refractivity contribution in [2.75, 3.05) is 12.5 Å². The van der Waals surface area contributed by atoms with Crippen molar-refractivity contribution in [1.82, 2.24) is 10.2 Å². The van der Waals surface area contributed by atoms with Gasteiger partial charge in [-0.05, 0) is 0 Å². The normalized spacial score (nSPS) is 10.3. The van der Waals surface area contributed by atoms with Crippen LogP contribution in [0, 0.1) is 0 Å². The van der Waals surface area contributed by atoms with E-state index in [0.717, 1.165) is 0 Å². The summed E-state index contributed by atoms with van der Waals surface area (Å²) in [7, 11) is 0. The quantitative estimate of drug-likeness (QED) is 0.525. The number of ether oxygens (including phenoxy) is 1. The van der Waals surface area contributed by atoms with Gasteiger partial charge in [0.05, 0.1) is 6.61 Å². The van der Waals surface area contributed by atoms with Crippen LogP contribution in [0.1, 0.15) is 5.89 Å². The highest BCUT2D eigenvalue weighted by Gasteiger charge is 1.99. The lowest BCUT2D eigenvalue weighted by atomic mass is 10.7. The summed E-state index contributed by atoms with van der Waals surface area (Å²) >= 11 is 5.33. The van der Waals surface area contributed by atoms with Gasteiger partial charge in [0.15, 0.2) is 0 Å². The number of H-pyrrole nitrogens is 1. The zero-order chi connectivity index (χ0) is 8.10. The van der Waals surface area contributed by atoms with Crippen LogP contribution in [0.2, 0.25) is 0 Å². The van der Waals surface area contributed by atoms with Gasteiger partial charge in [-0.3, -0.25) is 0 Å². The third-order valence-electron chi connectivity index (χ3n) is 0.929.